The molecule has 1 aliphatic heterocycles. The summed E-state index contributed by atoms with van der Waals surface area (Å²) in [5, 5.41) is 3.96. The van der Waals surface area contributed by atoms with Crippen molar-refractivity contribution < 1.29 is 9.53 Å². The van der Waals surface area contributed by atoms with Crippen LogP contribution in [0.4, 0.5) is 0 Å². The third-order valence-corrected chi connectivity index (χ3v) is 3.43. The summed E-state index contributed by atoms with van der Waals surface area (Å²) in [4.78, 5) is 12.8. The van der Waals surface area contributed by atoms with Gasteiger partial charge in [-0.2, -0.15) is 0 Å². The molecule has 4 nitrogen and oxygen atoms in total. The SMILES string of the molecule is CCc1nnsc1C(=O)C1CCCOC1. The number of carbonyl (C=O) groups excluding carboxylic acids is 1. The minimum absolute atomic E-state index is 0.0197. The molecule has 0 aromatic carbocycles. The Balaban J connectivity index is 2.12. The fraction of sp³-hybridized carbons (Fsp3) is 0.700. The van der Waals surface area contributed by atoms with E-state index in [4.69, 9.17) is 4.74 Å². The Kier molecular flexibility index (Phi) is 3.43. The molecule has 2 heterocycles. The molecule has 1 saturated heterocycles. The van der Waals surface area contributed by atoms with Gasteiger partial charge in [0, 0.05) is 12.5 Å². The average molecular weight is 226 g/mol. The molecule has 1 aromatic heterocycles. The van der Waals surface area contributed by atoms with Crippen molar-refractivity contribution in [2.75, 3.05) is 13.2 Å². The summed E-state index contributed by atoms with van der Waals surface area (Å²) >= 11 is 1.21. The van der Waals surface area contributed by atoms with E-state index in [1.165, 1.54) is 11.5 Å². The Bertz CT molecular complexity index is 345. The zero-order valence-corrected chi connectivity index (χ0v) is 9.55. The maximum atomic E-state index is 12.1. The summed E-state index contributed by atoms with van der Waals surface area (Å²) in [6.45, 7) is 3.33. The summed E-state index contributed by atoms with van der Waals surface area (Å²) in [7, 11) is 0. The lowest BCUT2D eigenvalue weighted by Gasteiger charge is -2.20. The second-order valence-electron chi connectivity index (χ2n) is 3.68. The molecule has 5 heteroatoms. The number of ketones is 1. The monoisotopic (exact) mass is 226 g/mol. The maximum absolute atomic E-state index is 12.1. The fourth-order valence-corrected chi connectivity index (χ4v) is 2.53. The Morgan fingerprint density at radius 2 is 2.53 bits per heavy atom. The van der Waals surface area contributed by atoms with Crippen molar-refractivity contribution in [2.24, 2.45) is 5.92 Å². The van der Waals surface area contributed by atoms with Gasteiger partial charge in [-0.25, -0.2) is 0 Å². The first-order valence-corrected chi connectivity index (χ1v) is 6.03. The molecule has 1 aromatic rings. The van der Waals surface area contributed by atoms with Crippen LogP contribution in [-0.2, 0) is 11.2 Å². The van der Waals surface area contributed by atoms with Crippen LogP contribution in [0.15, 0.2) is 0 Å². The Morgan fingerprint density at radius 1 is 1.67 bits per heavy atom. The molecular weight excluding hydrogens is 212 g/mol. The van der Waals surface area contributed by atoms with Crippen molar-refractivity contribution in [3.8, 4) is 0 Å². The lowest BCUT2D eigenvalue weighted by molar-refractivity contribution is 0.0463. The first-order valence-electron chi connectivity index (χ1n) is 5.26. The van der Waals surface area contributed by atoms with Crippen molar-refractivity contribution in [1.29, 1.82) is 0 Å². The van der Waals surface area contributed by atoms with Gasteiger partial charge in [0.25, 0.3) is 0 Å². The van der Waals surface area contributed by atoms with E-state index in [0.717, 1.165) is 36.4 Å². The average Bonchev–Trinajstić information content (AvgIpc) is 2.77. The van der Waals surface area contributed by atoms with Crippen LogP contribution in [0.5, 0.6) is 0 Å². The zero-order chi connectivity index (χ0) is 10.7. The Morgan fingerprint density at radius 3 is 3.20 bits per heavy atom. The maximum Gasteiger partial charge on any atom is 0.181 e. The number of nitrogens with zero attached hydrogens (tertiary/aromatic N) is 2. The Labute approximate surface area is 92.8 Å². The molecule has 0 amide bonds. The van der Waals surface area contributed by atoms with Crippen LogP contribution in [0.2, 0.25) is 0 Å². The van der Waals surface area contributed by atoms with E-state index in [9.17, 15) is 4.79 Å². The molecular formula is C10H14N2O2S. The molecule has 0 aliphatic carbocycles. The van der Waals surface area contributed by atoms with Gasteiger partial charge in [-0.05, 0) is 30.8 Å². The first kappa shape index (κ1) is 10.7. The van der Waals surface area contributed by atoms with Crippen LogP contribution in [0.3, 0.4) is 0 Å². The van der Waals surface area contributed by atoms with Crippen molar-refractivity contribution in [2.45, 2.75) is 26.2 Å². The van der Waals surface area contributed by atoms with Gasteiger partial charge in [0.15, 0.2) is 5.78 Å². The molecule has 0 N–H and O–H groups in total. The second kappa shape index (κ2) is 4.81. The van der Waals surface area contributed by atoms with Crippen molar-refractivity contribution in [3.63, 3.8) is 0 Å². The van der Waals surface area contributed by atoms with E-state index < -0.39 is 0 Å². The predicted molar refractivity (Wildman–Crippen MR) is 57.2 cm³/mol. The van der Waals surface area contributed by atoms with Gasteiger partial charge in [-0.1, -0.05) is 11.4 Å². The normalized spacial score (nSPS) is 21.5. The lowest BCUT2D eigenvalue weighted by atomic mass is 9.95. The summed E-state index contributed by atoms with van der Waals surface area (Å²) in [6, 6.07) is 0. The van der Waals surface area contributed by atoms with Gasteiger partial charge < -0.3 is 4.74 Å². The number of hydrogen-bond acceptors (Lipinski definition) is 5. The number of hydrogen-bond donors (Lipinski definition) is 0. The molecule has 0 bridgehead atoms. The lowest BCUT2D eigenvalue weighted by Crippen LogP contribution is -2.25. The smallest absolute Gasteiger partial charge is 0.181 e. The van der Waals surface area contributed by atoms with Gasteiger partial charge in [0.2, 0.25) is 0 Å². The van der Waals surface area contributed by atoms with Gasteiger partial charge in [0.1, 0.15) is 4.88 Å². The summed E-state index contributed by atoms with van der Waals surface area (Å²) in [5.41, 5.74) is 0.829. The topological polar surface area (TPSA) is 52.1 Å². The number of carbonyl (C=O) groups is 1. The molecule has 82 valence electrons. The molecule has 1 fully saturated rings. The van der Waals surface area contributed by atoms with Gasteiger partial charge in [0.05, 0.1) is 12.3 Å². The number of aryl methyl sites for hydroxylation is 1. The molecule has 1 atom stereocenters. The number of ether oxygens (including phenoxy) is 1. The highest BCUT2D eigenvalue weighted by Crippen LogP contribution is 2.22. The van der Waals surface area contributed by atoms with E-state index in [2.05, 4.69) is 9.59 Å². The van der Waals surface area contributed by atoms with E-state index >= 15 is 0 Å². The standard InChI is InChI=1S/C10H14N2O2S/c1-2-8-10(15-12-11-8)9(13)7-4-3-5-14-6-7/h7H,2-6H2,1H3. The zero-order valence-electron chi connectivity index (χ0n) is 8.73. The fourth-order valence-electron chi connectivity index (χ4n) is 1.76. The highest BCUT2D eigenvalue weighted by molar-refractivity contribution is 7.08. The van der Waals surface area contributed by atoms with E-state index in [0.29, 0.717) is 6.61 Å². The summed E-state index contributed by atoms with van der Waals surface area (Å²) in [5.74, 6) is 0.188. The van der Waals surface area contributed by atoms with Crippen molar-refractivity contribution in [3.05, 3.63) is 10.6 Å². The predicted octanol–water partition coefficient (Wildman–Crippen LogP) is 1.71. The molecule has 1 aliphatic rings. The summed E-state index contributed by atoms with van der Waals surface area (Å²) in [6.07, 6.45) is 2.68. The highest BCUT2D eigenvalue weighted by atomic mass is 32.1. The van der Waals surface area contributed by atoms with Gasteiger partial charge >= 0.3 is 0 Å². The molecule has 0 radical (unpaired) electrons. The molecule has 0 saturated carbocycles. The van der Waals surface area contributed by atoms with Crippen LogP contribution >= 0.6 is 11.5 Å². The van der Waals surface area contributed by atoms with E-state index in [1.807, 2.05) is 6.92 Å². The second-order valence-corrected chi connectivity index (χ2v) is 4.43. The first-order chi connectivity index (χ1) is 7.33. The van der Waals surface area contributed by atoms with Gasteiger partial charge in [-0.15, -0.1) is 5.10 Å². The summed E-state index contributed by atoms with van der Waals surface area (Å²) < 4.78 is 9.16. The van der Waals surface area contributed by atoms with Gasteiger partial charge in [-0.3, -0.25) is 4.79 Å². The quantitative estimate of drug-likeness (QED) is 0.736. The Hall–Kier alpha value is -0.810. The van der Waals surface area contributed by atoms with Crippen molar-refractivity contribution in [1.82, 2.24) is 9.59 Å². The number of rotatable bonds is 3. The molecule has 0 spiro atoms. The van der Waals surface area contributed by atoms with Crippen LogP contribution in [-0.4, -0.2) is 28.6 Å². The molecule has 1 unspecified atom stereocenters. The molecule has 2 rings (SSSR count). The minimum Gasteiger partial charge on any atom is -0.381 e. The van der Waals surface area contributed by atoms with Crippen LogP contribution in [0.1, 0.15) is 35.1 Å². The van der Waals surface area contributed by atoms with Crippen molar-refractivity contribution >= 4 is 17.3 Å². The van der Waals surface area contributed by atoms with Crippen LogP contribution in [0, 0.1) is 5.92 Å². The van der Waals surface area contributed by atoms with E-state index in [1.54, 1.807) is 0 Å². The number of Topliss-reactive ketones (excluding diaryl/α,β-unsaturated/α-hetero) is 1. The third kappa shape index (κ3) is 2.23. The van der Waals surface area contributed by atoms with Crippen LogP contribution in [0.25, 0.3) is 0 Å². The third-order valence-electron chi connectivity index (χ3n) is 2.65. The minimum atomic E-state index is 0.0197. The van der Waals surface area contributed by atoms with E-state index in [-0.39, 0.29) is 11.7 Å². The largest absolute Gasteiger partial charge is 0.381 e. The number of aromatic nitrogens is 2. The molecule has 15 heavy (non-hydrogen) atoms. The van der Waals surface area contributed by atoms with Crippen LogP contribution < -0.4 is 0 Å². The highest BCUT2D eigenvalue weighted by Gasteiger charge is 2.26.